The third-order valence-corrected chi connectivity index (χ3v) is 4.76. The number of aromatic carboxylic acids is 1. The summed E-state index contributed by atoms with van der Waals surface area (Å²) in [5, 5.41) is 16.5. The molecule has 2 atom stereocenters. The third kappa shape index (κ3) is 2.81. The Hall–Kier alpha value is -3.62. The summed E-state index contributed by atoms with van der Waals surface area (Å²) in [4.78, 5) is 29.1. The molecule has 7 nitrogen and oxygen atoms in total. The molecule has 9 heteroatoms. The predicted octanol–water partition coefficient (Wildman–Crippen LogP) is 2.92. The zero-order chi connectivity index (χ0) is 20.0. The maximum absolute atomic E-state index is 14.0. The molecule has 0 amide bonds. The van der Waals surface area contributed by atoms with Crippen LogP contribution >= 0.6 is 0 Å². The number of hydrogen-bond donors (Lipinski definition) is 2. The molecule has 2 N–H and O–H groups in total. The van der Waals surface area contributed by atoms with E-state index in [0.717, 1.165) is 12.1 Å². The van der Waals surface area contributed by atoms with Crippen LogP contribution in [0.1, 0.15) is 44.1 Å². The van der Waals surface area contributed by atoms with Crippen LogP contribution in [0.5, 0.6) is 0 Å². The number of halogens is 2. The van der Waals surface area contributed by atoms with Crippen molar-refractivity contribution in [3.05, 3.63) is 76.9 Å². The first-order chi connectivity index (χ1) is 13.4. The lowest BCUT2D eigenvalue weighted by atomic mass is 9.80. The van der Waals surface area contributed by atoms with Crippen LogP contribution in [-0.4, -0.2) is 31.6 Å². The Morgan fingerprint density at radius 2 is 1.89 bits per heavy atom. The molecule has 0 saturated heterocycles. The van der Waals surface area contributed by atoms with E-state index in [9.17, 15) is 23.5 Å². The number of carbonyl (C=O) groups is 2. The average Bonchev–Trinajstić information content (AvgIpc) is 3.06. The van der Waals surface area contributed by atoms with E-state index in [4.69, 9.17) is 0 Å². The molecule has 1 aliphatic rings. The lowest BCUT2D eigenvalue weighted by Crippen LogP contribution is -2.35. The number of carboxylic acids is 1. The van der Waals surface area contributed by atoms with Crippen molar-refractivity contribution in [3.63, 3.8) is 0 Å². The Balaban J connectivity index is 1.94. The molecular weight excluding hydrogens is 370 g/mol. The first kappa shape index (κ1) is 17.8. The highest BCUT2D eigenvalue weighted by Crippen LogP contribution is 2.43. The van der Waals surface area contributed by atoms with Crippen molar-refractivity contribution in [3.8, 4) is 0 Å². The van der Waals surface area contributed by atoms with Crippen LogP contribution in [0.4, 0.5) is 14.5 Å². The number of rotatable bonds is 3. The molecule has 3 aromatic rings. The van der Waals surface area contributed by atoms with Crippen molar-refractivity contribution in [2.24, 2.45) is 7.05 Å². The van der Waals surface area contributed by atoms with Gasteiger partial charge in [0.05, 0.1) is 17.2 Å². The molecule has 0 aliphatic carbocycles. The van der Waals surface area contributed by atoms with E-state index in [1.54, 1.807) is 7.05 Å². The Morgan fingerprint density at radius 1 is 1.18 bits per heavy atom. The van der Waals surface area contributed by atoms with Crippen molar-refractivity contribution >= 4 is 17.4 Å². The third-order valence-electron chi connectivity index (χ3n) is 4.76. The Morgan fingerprint density at radius 3 is 2.50 bits per heavy atom. The van der Waals surface area contributed by atoms with E-state index < -0.39 is 40.9 Å². The molecule has 4 rings (SSSR count). The normalized spacial score (nSPS) is 18.5. The molecule has 1 aliphatic heterocycles. The number of ketones is 1. The van der Waals surface area contributed by atoms with E-state index in [-0.39, 0.29) is 11.3 Å². The molecule has 2 heterocycles. The molecule has 0 unspecified atom stereocenters. The molecule has 0 saturated carbocycles. The first-order valence-electron chi connectivity index (χ1n) is 8.33. The molecule has 1 aromatic heterocycles. The van der Waals surface area contributed by atoms with Gasteiger partial charge >= 0.3 is 5.97 Å². The van der Waals surface area contributed by atoms with Gasteiger partial charge in [0.1, 0.15) is 29.7 Å². The Bertz CT molecular complexity index is 1100. The second kappa shape index (κ2) is 6.52. The van der Waals surface area contributed by atoms with Crippen molar-refractivity contribution in [2.75, 3.05) is 5.32 Å². The highest BCUT2D eigenvalue weighted by atomic mass is 19.1. The maximum atomic E-state index is 14.0. The number of hydrogen-bond acceptors (Lipinski definition) is 5. The van der Waals surface area contributed by atoms with E-state index in [1.807, 2.05) is 0 Å². The summed E-state index contributed by atoms with van der Waals surface area (Å²) in [5.74, 6) is -3.81. The summed E-state index contributed by atoms with van der Waals surface area (Å²) < 4.78 is 28.8. The van der Waals surface area contributed by atoms with Crippen LogP contribution < -0.4 is 5.32 Å². The van der Waals surface area contributed by atoms with Crippen molar-refractivity contribution in [1.82, 2.24) is 14.8 Å². The van der Waals surface area contributed by atoms with Crippen molar-refractivity contribution in [1.29, 1.82) is 0 Å². The van der Waals surface area contributed by atoms with Gasteiger partial charge in [0, 0.05) is 12.7 Å². The number of nitrogens with one attached hydrogen (secondary N) is 1. The summed E-state index contributed by atoms with van der Waals surface area (Å²) in [7, 11) is 1.61. The zero-order valence-electron chi connectivity index (χ0n) is 14.6. The van der Waals surface area contributed by atoms with Crippen LogP contribution in [0.25, 0.3) is 0 Å². The monoisotopic (exact) mass is 384 g/mol. The fraction of sp³-hybridized carbons (Fsp3) is 0.158. The van der Waals surface area contributed by atoms with E-state index >= 15 is 0 Å². The van der Waals surface area contributed by atoms with Crippen LogP contribution in [0.2, 0.25) is 0 Å². The second-order valence-corrected chi connectivity index (χ2v) is 6.44. The smallest absolute Gasteiger partial charge is 0.336 e. The van der Waals surface area contributed by atoms with Crippen LogP contribution in [0.15, 0.2) is 42.7 Å². The number of anilines is 1. The van der Waals surface area contributed by atoms with Gasteiger partial charge in [-0.2, -0.15) is 5.10 Å². The minimum atomic E-state index is -1.41. The number of carboxylic acid groups (broad SMARTS) is 1. The molecule has 0 spiro atoms. The Kier molecular flexibility index (Phi) is 4.14. The molecule has 28 heavy (non-hydrogen) atoms. The van der Waals surface area contributed by atoms with Gasteiger partial charge in [0.15, 0.2) is 5.78 Å². The van der Waals surface area contributed by atoms with E-state index in [2.05, 4.69) is 15.4 Å². The SMILES string of the molecule is Cn1ncnc1[C@H]1C(=O)c2c(cc(F)cc2C(=O)O)N[C@@H]1c1ccc(F)cc1. The van der Waals surface area contributed by atoms with Crippen LogP contribution in [-0.2, 0) is 7.05 Å². The first-order valence-corrected chi connectivity index (χ1v) is 8.33. The number of benzene rings is 2. The lowest BCUT2D eigenvalue weighted by molar-refractivity contribution is 0.0690. The number of Topliss-reactive ketones (excluding diaryl/α,β-unsaturated/α-hetero) is 1. The van der Waals surface area contributed by atoms with Gasteiger partial charge in [-0.05, 0) is 29.8 Å². The zero-order valence-corrected chi connectivity index (χ0v) is 14.6. The minimum Gasteiger partial charge on any atom is -0.478 e. The molecule has 142 valence electrons. The van der Waals surface area contributed by atoms with Gasteiger partial charge in [-0.15, -0.1) is 0 Å². The fourth-order valence-corrected chi connectivity index (χ4v) is 3.51. The molecule has 0 fully saturated rings. The average molecular weight is 384 g/mol. The Labute approximate surface area is 157 Å². The van der Waals surface area contributed by atoms with Crippen LogP contribution in [0.3, 0.4) is 0 Å². The second-order valence-electron chi connectivity index (χ2n) is 6.44. The molecular formula is C19H14F2N4O3. The van der Waals surface area contributed by atoms with E-state index in [1.165, 1.54) is 35.3 Å². The van der Waals surface area contributed by atoms with Gasteiger partial charge in [0.2, 0.25) is 0 Å². The fourth-order valence-electron chi connectivity index (χ4n) is 3.51. The highest BCUT2D eigenvalue weighted by molar-refractivity contribution is 6.14. The van der Waals surface area contributed by atoms with Gasteiger partial charge in [0.25, 0.3) is 0 Å². The molecule has 2 aromatic carbocycles. The topological polar surface area (TPSA) is 97.1 Å². The maximum Gasteiger partial charge on any atom is 0.336 e. The highest BCUT2D eigenvalue weighted by Gasteiger charge is 2.42. The summed E-state index contributed by atoms with van der Waals surface area (Å²) in [6.07, 6.45) is 1.28. The standard InChI is InChI=1S/C19H14F2N4O3/c1-25-18(22-8-23-25)15-16(9-2-4-10(20)5-3-9)24-13-7-11(21)6-12(19(27)28)14(13)17(15)26/h2-8,15-16,24H,1H3,(H,27,28)/t15-,16-/m1/s1. The van der Waals surface area contributed by atoms with E-state index in [0.29, 0.717) is 11.4 Å². The number of aromatic nitrogens is 3. The van der Waals surface area contributed by atoms with Gasteiger partial charge in [-0.3, -0.25) is 9.48 Å². The number of fused-ring (bicyclic) bond motifs is 1. The van der Waals surface area contributed by atoms with Crippen LogP contribution in [0, 0.1) is 11.6 Å². The lowest BCUT2D eigenvalue weighted by Gasteiger charge is -2.34. The number of carbonyl (C=O) groups excluding carboxylic acids is 1. The largest absolute Gasteiger partial charge is 0.478 e. The summed E-state index contributed by atoms with van der Waals surface area (Å²) >= 11 is 0. The molecule has 0 bridgehead atoms. The summed E-state index contributed by atoms with van der Waals surface area (Å²) in [5.41, 5.74) is 0.0714. The quantitative estimate of drug-likeness (QED) is 0.721. The number of aryl methyl sites for hydroxylation is 1. The predicted molar refractivity (Wildman–Crippen MR) is 94.2 cm³/mol. The van der Waals surface area contributed by atoms with Gasteiger partial charge < -0.3 is 10.4 Å². The molecule has 0 radical (unpaired) electrons. The van der Waals surface area contributed by atoms with Crippen molar-refractivity contribution < 1.29 is 23.5 Å². The number of nitrogens with zero attached hydrogens (tertiary/aromatic N) is 3. The van der Waals surface area contributed by atoms with Crippen molar-refractivity contribution in [2.45, 2.75) is 12.0 Å². The summed E-state index contributed by atoms with van der Waals surface area (Å²) in [6.45, 7) is 0. The summed E-state index contributed by atoms with van der Waals surface area (Å²) in [6, 6.07) is 6.68. The van der Waals surface area contributed by atoms with Gasteiger partial charge in [-0.1, -0.05) is 12.1 Å². The minimum absolute atomic E-state index is 0.0649. The van der Waals surface area contributed by atoms with Gasteiger partial charge in [-0.25, -0.2) is 18.6 Å².